The molecule has 0 aliphatic carbocycles. The number of nitrogens with zero attached hydrogens (tertiary/aromatic N) is 2. The molecule has 5 heteroatoms. The summed E-state index contributed by atoms with van der Waals surface area (Å²) in [5.41, 5.74) is 1.11. The quantitative estimate of drug-likeness (QED) is 0.671. The molecule has 0 aromatic heterocycles. The molecule has 3 atom stereocenters. The molecule has 2 heterocycles. The maximum atomic E-state index is 12.8. The highest BCUT2D eigenvalue weighted by atomic mass is 16.5. The van der Waals surface area contributed by atoms with Crippen molar-refractivity contribution in [2.75, 3.05) is 26.8 Å². The third-order valence-electron chi connectivity index (χ3n) is 6.15. The van der Waals surface area contributed by atoms with Gasteiger partial charge < -0.3 is 14.4 Å². The Morgan fingerprint density at radius 1 is 1.21 bits per heavy atom. The lowest BCUT2D eigenvalue weighted by atomic mass is 10.0. The second-order valence-electron chi connectivity index (χ2n) is 8.13. The molecule has 2 saturated heterocycles. The number of methoxy groups -OCH3 is 1. The van der Waals surface area contributed by atoms with Crippen molar-refractivity contribution in [3.63, 3.8) is 0 Å². The summed E-state index contributed by atoms with van der Waals surface area (Å²) in [6.45, 7) is 10.1. The molecule has 0 N–H and O–H groups in total. The number of benzene rings is 1. The summed E-state index contributed by atoms with van der Waals surface area (Å²) in [5, 5.41) is 0. The largest absolute Gasteiger partial charge is 0.493 e. The first-order chi connectivity index (χ1) is 13.5. The molecule has 5 nitrogen and oxygen atoms in total. The number of likely N-dealkylation sites (tertiary alicyclic amines) is 2. The zero-order valence-corrected chi connectivity index (χ0v) is 17.5. The number of allylic oxidation sites excluding steroid dienone is 1. The summed E-state index contributed by atoms with van der Waals surface area (Å²) in [7, 11) is 1.62. The van der Waals surface area contributed by atoms with E-state index in [2.05, 4.69) is 25.3 Å². The van der Waals surface area contributed by atoms with Crippen molar-refractivity contribution in [3.8, 4) is 11.5 Å². The maximum absolute atomic E-state index is 12.8. The van der Waals surface area contributed by atoms with Crippen LogP contribution in [0, 0.1) is 0 Å². The Morgan fingerprint density at radius 3 is 2.64 bits per heavy atom. The number of amides is 1. The van der Waals surface area contributed by atoms with Crippen LogP contribution in [0.5, 0.6) is 11.5 Å². The lowest BCUT2D eigenvalue weighted by molar-refractivity contribution is -0.135. The van der Waals surface area contributed by atoms with E-state index in [1.54, 1.807) is 7.11 Å². The normalized spacial score (nSPS) is 25.5. The van der Waals surface area contributed by atoms with Crippen LogP contribution in [-0.2, 0) is 11.2 Å². The van der Waals surface area contributed by atoms with Crippen LogP contribution in [0.1, 0.15) is 45.1 Å². The fraction of sp³-hybridized carbons (Fsp3) is 0.609. The van der Waals surface area contributed by atoms with Gasteiger partial charge in [0.1, 0.15) is 0 Å². The van der Waals surface area contributed by atoms with Gasteiger partial charge in [-0.1, -0.05) is 12.1 Å². The van der Waals surface area contributed by atoms with E-state index < -0.39 is 0 Å². The van der Waals surface area contributed by atoms with Gasteiger partial charge in [-0.3, -0.25) is 9.69 Å². The lowest BCUT2D eigenvalue weighted by Crippen LogP contribution is -2.53. The average Bonchev–Trinajstić information content (AvgIpc) is 3.05. The molecule has 2 aliphatic heterocycles. The second-order valence-corrected chi connectivity index (χ2v) is 8.13. The average molecular weight is 387 g/mol. The van der Waals surface area contributed by atoms with Gasteiger partial charge >= 0.3 is 0 Å². The molecule has 0 radical (unpaired) electrons. The number of carbonyl (C=O) groups excluding carboxylic acids is 1. The minimum atomic E-state index is 0.0506. The molecule has 0 spiro atoms. The van der Waals surface area contributed by atoms with Crippen LogP contribution in [0.4, 0.5) is 0 Å². The molecule has 154 valence electrons. The van der Waals surface area contributed by atoms with Crippen molar-refractivity contribution < 1.29 is 14.3 Å². The number of piperidine rings is 1. The van der Waals surface area contributed by atoms with E-state index >= 15 is 0 Å². The summed E-state index contributed by atoms with van der Waals surface area (Å²) in [5.74, 6) is 1.32. The fourth-order valence-corrected chi connectivity index (χ4v) is 4.72. The van der Waals surface area contributed by atoms with Gasteiger partial charge in [0.25, 0.3) is 5.91 Å². The monoisotopic (exact) mass is 386 g/mol. The molecular weight excluding hydrogens is 352 g/mol. The van der Waals surface area contributed by atoms with Crippen LogP contribution in [0.2, 0.25) is 0 Å². The molecule has 2 fully saturated rings. The summed E-state index contributed by atoms with van der Waals surface area (Å²) < 4.78 is 11.3. The van der Waals surface area contributed by atoms with Crippen molar-refractivity contribution in [1.29, 1.82) is 0 Å². The van der Waals surface area contributed by atoms with Crippen LogP contribution < -0.4 is 9.47 Å². The first kappa shape index (κ1) is 20.7. The Balaban J connectivity index is 1.58. The van der Waals surface area contributed by atoms with Crippen LogP contribution in [-0.4, -0.2) is 60.6 Å². The van der Waals surface area contributed by atoms with E-state index in [1.165, 1.54) is 19.3 Å². The molecule has 1 aromatic rings. The van der Waals surface area contributed by atoms with E-state index in [4.69, 9.17) is 9.47 Å². The van der Waals surface area contributed by atoms with Gasteiger partial charge in [-0.15, -0.1) is 6.58 Å². The topological polar surface area (TPSA) is 42.0 Å². The van der Waals surface area contributed by atoms with Gasteiger partial charge in [0.05, 0.1) is 7.11 Å². The van der Waals surface area contributed by atoms with Crippen LogP contribution >= 0.6 is 0 Å². The zero-order valence-electron chi connectivity index (χ0n) is 17.5. The summed E-state index contributed by atoms with van der Waals surface area (Å²) >= 11 is 0. The van der Waals surface area contributed by atoms with Crippen molar-refractivity contribution in [2.24, 2.45) is 0 Å². The number of carbonyl (C=O) groups is 1. The van der Waals surface area contributed by atoms with Crippen molar-refractivity contribution in [1.82, 2.24) is 9.80 Å². The molecule has 3 unspecified atom stereocenters. The molecule has 0 saturated carbocycles. The SMILES string of the molecule is C=CCc1ccc(OCC(=O)N2CCCC(N3C(C)CCC3C)C2)c(OC)c1. The second kappa shape index (κ2) is 9.46. The van der Waals surface area contributed by atoms with Crippen LogP contribution in [0.3, 0.4) is 0 Å². The molecule has 2 aliphatic rings. The van der Waals surface area contributed by atoms with E-state index in [1.807, 2.05) is 29.2 Å². The number of ether oxygens (including phenoxy) is 2. The van der Waals surface area contributed by atoms with Gasteiger partial charge in [-0.2, -0.15) is 0 Å². The Bertz CT molecular complexity index is 680. The zero-order chi connectivity index (χ0) is 20.1. The first-order valence-corrected chi connectivity index (χ1v) is 10.5. The number of hydrogen-bond donors (Lipinski definition) is 0. The van der Waals surface area contributed by atoms with E-state index in [0.717, 1.165) is 31.5 Å². The molecule has 0 bridgehead atoms. The lowest BCUT2D eigenvalue weighted by Gasteiger charge is -2.41. The molecular formula is C23H34N2O3. The van der Waals surface area contributed by atoms with Crippen LogP contribution in [0.25, 0.3) is 0 Å². The van der Waals surface area contributed by atoms with E-state index in [9.17, 15) is 4.79 Å². The van der Waals surface area contributed by atoms with Gasteiger partial charge in [-0.05, 0) is 63.6 Å². The van der Waals surface area contributed by atoms with Gasteiger partial charge in [0, 0.05) is 31.2 Å². The third-order valence-corrected chi connectivity index (χ3v) is 6.15. The maximum Gasteiger partial charge on any atom is 0.260 e. The molecule has 3 rings (SSSR count). The Kier molecular flexibility index (Phi) is 7.00. The number of rotatable bonds is 7. The minimum absolute atomic E-state index is 0.0506. The van der Waals surface area contributed by atoms with Crippen molar-refractivity contribution >= 4 is 5.91 Å². The summed E-state index contributed by atoms with van der Waals surface area (Å²) in [6, 6.07) is 7.50. The van der Waals surface area contributed by atoms with Crippen LogP contribution in [0.15, 0.2) is 30.9 Å². The van der Waals surface area contributed by atoms with E-state index in [-0.39, 0.29) is 12.5 Å². The van der Waals surface area contributed by atoms with Gasteiger partial charge in [0.2, 0.25) is 0 Å². The Morgan fingerprint density at radius 2 is 1.96 bits per heavy atom. The minimum Gasteiger partial charge on any atom is -0.493 e. The van der Waals surface area contributed by atoms with Gasteiger partial charge in [0.15, 0.2) is 18.1 Å². The highest BCUT2D eigenvalue weighted by molar-refractivity contribution is 5.78. The predicted molar refractivity (Wildman–Crippen MR) is 112 cm³/mol. The molecule has 1 amide bonds. The highest BCUT2D eigenvalue weighted by Gasteiger charge is 2.36. The predicted octanol–water partition coefficient (Wildman–Crippen LogP) is 3.67. The first-order valence-electron chi connectivity index (χ1n) is 10.5. The fourth-order valence-electron chi connectivity index (χ4n) is 4.72. The smallest absolute Gasteiger partial charge is 0.260 e. The Labute approximate surface area is 169 Å². The standard InChI is InChI=1S/C23H34N2O3/c1-5-7-19-11-12-21(22(14-19)27-4)28-16-23(26)24-13-6-8-20(15-24)25-17(2)9-10-18(25)3/h5,11-12,14,17-18,20H,1,6-10,13,15-16H2,2-4H3. The van der Waals surface area contributed by atoms with E-state index in [0.29, 0.717) is 29.6 Å². The van der Waals surface area contributed by atoms with Gasteiger partial charge in [-0.25, -0.2) is 0 Å². The van der Waals surface area contributed by atoms with Crippen molar-refractivity contribution in [3.05, 3.63) is 36.4 Å². The summed E-state index contributed by atoms with van der Waals surface area (Å²) in [6.07, 6.45) is 7.39. The highest BCUT2D eigenvalue weighted by Crippen LogP contribution is 2.31. The summed E-state index contributed by atoms with van der Waals surface area (Å²) in [4.78, 5) is 17.4. The number of hydrogen-bond acceptors (Lipinski definition) is 4. The Hall–Kier alpha value is -2.01. The molecule has 1 aromatic carbocycles. The molecule has 28 heavy (non-hydrogen) atoms. The third kappa shape index (κ3) is 4.69. The van der Waals surface area contributed by atoms with Crippen molar-refractivity contribution in [2.45, 2.75) is 64.1 Å².